The molecule has 2 atom stereocenters. The monoisotopic (exact) mass is 458 g/mol. The number of aromatic nitrogens is 2. The second kappa shape index (κ2) is 8.45. The van der Waals surface area contributed by atoms with E-state index in [1.807, 2.05) is 49.4 Å². The van der Waals surface area contributed by atoms with Gasteiger partial charge in [-0.3, -0.25) is 4.79 Å². The van der Waals surface area contributed by atoms with E-state index in [1.165, 1.54) is 10.4 Å². The summed E-state index contributed by atoms with van der Waals surface area (Å²) >= 11 is 1.70. The average molecular weight is 459 g/mol. The first kappa shape index (κ1) is 21.9. The molecule has 2 aromatic heterocycles. The van der Waals surface area contributed by atoms with Crippen molar-refractivity contribution in [2.45, 2.75) is 53.1 Å². The van der Waals surface area contributed by atoms with Gasteiger partial charge in [0.2, 0.25) is 0 Å². The Balaban J connectivity index is 1.41. The molecule has 0 amide bonds. The van der Waals surface area contributed by atoms with Crippen molar-refractivity contribution in [3.8, 4) is 17.1 Å². The third kappa shape index (κ3) is 4.34. The van der Waals surface area contributed by atoms with Crippen LogP contribution in [0.2, 0.25) is 0 Å². The van der Waals surface area contributed by atoms with Gasteiger partial charge < -0.3 is 9.72 Å². The Morgan fingerprint density at radius 1 is 1.09 bits per heavy atom. The fraction of sp³-hybridized carbons (Fsp3) is 0.357. The van der Waals surface area contributed by atoms with Gasteiger partial charge in [0.05, 0.1) is 5.39 Å². The molecule has 2 aromatic carbocycles. The summed E-state index contributed by atoms with van der Waals surface area (Å²) in [5.74, 6) is 2.04. The van der Waals surface area contributed by atoms with Crippen LogP contribution in [0.3, 0.4) is 0 Å². The number of hydrogen-bond donors (Lipinski definition) is 1. The van der Waals surface area contributed by atoms with Gasteiger partial charge >= 0.3 is 0 Å². The maximum Gasteiger partial charge on any atom is 0.260 e. The van der Waals surface area contributed by atoms with Crippen LogP contribution in [0.25, 0.3) is 21.6 Å². The van der Waals surface area contributed by atoms with Crippen LogP contribution in [0.5, 0.6) is 5.75 Å². The maximum atomic E-state index is 13.0. The second-order valence-corrected chi connectivity index (χ2v) is 11.2. The Morgan fingerprint density at radius 2 is 1.82 bits per heavy atom. The molecule has 33 heavy (non-hydrogen) atoms. The van der Waals surface area contributed by atoms with Crippen LogP contribution >= 0.6 is 11.3 Å². The molecule has 0 radical (unpaired) electrons. The van der Waals surface area contributed by atoms with Gasteiger partial charge in [0, 0.05) is 10.4 Å². The van der Waals surface area contributed by atoms with Crippen LogP contribution < -0.4 is 10.3 Å². The molecule has 0 spiro atoms. The van der Waals surface area contributed by atoms with E-state index in [4.69, 9.17) is 9.72 Å². The van der Waals surface area contributed by atoms with Crippen LogP contribution in [0.1, 0.15) is 56.2 Å². The average Bonchev–Trinajstić information content (AvgIpc) is 3.18. The number of ether oxygens (including phenoxy) is 1. The van der Waals surface area contributed by atoms with E-state index in [-0.39, 0.29) is 17.1 Å². The highest BCUT2D eigenvalue weighted by atomic mass is 32.1. The molecule has 2 heterocycles. The molecule has 0 aliphatic heterocycles. The summed E-state index contributed by atoms with van der Waals surface area (Å²) in [6.45, 7) is 8.98. The molecule has 4 aromatic rings. The first-order chi connectivity index (χ1) is 15.8. The Bertz CT molecular complexity index is 1330. The molecule has 0 bridgehead atoms. The lowest BCUT2D eigenvalue weighted by molar-refractivity contribution is 0.218. The molecule has 0 saturated carbocycles. The molecular weight excluding hydrogens is 428 g/mol. The molecule has 0 saturated heterocycles. The number of hydrogen-bond acceptors (Lipinski definition) is 4. The zero-order valence-corrected chi connectivity index (χ0v) is 20.5. The van der Waals surface area contributed by atoms with Gasteiger partial charge in [-0.05, 0) is 72.9 Å². The van der Waals surface area contributed by atoms with E-state index >= 15 is 0 Å². The minimum atomic E-state index is -0.0410. The summed E-state index contributed by atoms with van der Waals surface area (Å²) in [6, 6.07) is 18.0. The molecule has 1 aliphatic rings. The number of aromatic amines is 1. The standard InChI is InChI=1S/C28H30N2O2S/c1-17(18-8-6-5-7-9-18)32-21-13-10-19(11-14-21)25-29-26(31)24-22-15-12-20(28(2,3)4)16-23(22)33-27(24)30-25/h5-11,13-14,17,20H,12,15-16H2,1-4H3,(H,29,30,31). The van der Waals surface area contributed by atoms with Gasteiger partial charge in [0.25, 0.3) is 5.56 Å². The topological polar surface area (TPSA) is 55.0 Å². The quantitative estimate of drug-likeness (QED) is 0.360. The van der Waals surface area contributed by atoms with E-state index in [1.54, 1.807) is 11.3 Å². The lowest BCUT2D eigenvalue weighted by Crippen LogP contribution is -2.26. The van der Waals surface area contributed by atoms with E-state index < -0.39 is 0 Å². The normalized spacial score (nSPS) is 17.0. The highest BCUT2D eigenvalue weighted by Gasteiger charge is 2.31. The van der Waals surface area contributed by atoms with Crippen molar-refractivity contribution < 1.29 is 4.74 Å². The minimum absolute atomic E-state index is 0.0280. The van der Waals surface area contributed by atoms with Crippen molar-refractivity contribution >= 4 is 21.6 Å². The Labute approximate surface area is 198 Å². The third-order valence-corrected chi connectivity index (χ3v) is 8.00. The number of nitrogens with one attached hydrogen (secondary N) is 1. The molecule has 5 heteroatoms. The number of thiophene rings is 1. The lowest BCUT2D eigenvalue weighted by atomic mass is 9.72. The van der Waals surface area contributed by atoms with Crippen molar-refractivity contribution in [1.29, 1.82) is 0 Å². The molecule has 5 rings (SSSR count). The molecule has 4 nitrogen and oxygen atoms in total. The van der Waals surface area contributed by atoms with Crippen LogP contribution in [0.4, 0.5) is 0 Å². The predicted molar refractivity (Wildman–Crippen MR) is 136 cm³/mol. The summed E-state index contributed by atoms with van der Waals surface area (Å²) in [5, 5.41) is 0.794. The highest BCUT2D eigenvalue weighted by Crippen LogP contribution is 2.42. The van der Waals surface area contributed by atoms with Gasteiger partial charge in [-0.15, -0.1) is 11.3 Å². The first-order valence-corrected chi connectivity index (χ1v) is 12.5. The van der Waals surface area contributed by atoms with E-state index in [2.05, 4.69) is 37.9 Å². The third-order valence-electron chi connectivity index (χ3n) is 6.85. The number of aryl methyl sites for hydroxylation is 1. The Kier molecular flexibility index (Phi) is 5.61. The number of H-pyrrole nitrogens is 1. The predicted octanol–water partition coefficient (Wildman–Crippen LogP) is 6.94. The van der Waals surface area contributed by atoms with Crippen molar-refractivity contribution in [3.05, 3.63) is 81.0 Å². The zero-order chi connectivity index (χ0) is 23.2. The summed E-state index contributed by atoms with van der Waals surface area (Å²) in [7, 11) is 0. The smallest absolute Gasteiger partial charge is 0.260 e. The van der Waals surface area contributed by atoms with Gasteiger partial charge in [0.15, 0.2) is 0 Å². The molecular formula is C28H30N2O2S. The SMILES string of the molecule is CC(Oc1ccc(-c2nc3sc4c(c3c(=O)[nH]2)CCC(C(C)(C)C)C4)cc1)c1ccccc1. The lowest BCUT2D eigenvalue weighted by Gasteiger charge is -2.33. The Hall–Kier alpha value is -2.92. The number of rotatable bonds is 4. The second-order valence-electron chi connectivity index (χ2n) is 10.1. The Morgan fingerprint density at radius 3 is 2.52 bits per heavy atom. The molecule has 1 aliphatic carbocycles. The van der Waals surface area contributed by atoms with Gasteiger partial charge in [-0.1, -0.05) is 51.1 Å². The van der Waals surface area contributed by atoms with E-state index in [0.29, 0.717) is 11.7 Å². The van der Waals surface area contributed by atoms with E-state index in [9.17, 15) is 4.79 Å². The minimum Gasteiger partial charge on any atom is -0.486 e. The maximum absolute atomic E-state index is 13.0. The summed E-state index contributed by atoms with van der Waals surface area (Å²) in [5.41, 5.74) is 3.48. The van der Waals surface area contributed by atoms with Crippen molar-refractivity contribution in [2.24, 2.45) is 11.3 Å². The van der Waals surface area contributed by atoms with Crippen LogP contribution in [-0.2, 0) is 12.8 Å². The summed E-state index contributed by atoms with van der Waals surface area (Å²) in [4.78, 5) is 23.1. The van der Waals surface area contributed by atoms with Gasteiger partial charge in [-0.25, -0.2) is 4.98 Å². The number of benzene rings is 2. The van der Waals surface area contributed by atoms with Crippen LogP contribution in [0.15, 0.2) is 59.4 Å². The fourth-order valence-electron chi connectivity index (χ4n) is 4.75. The van der Waals surface area contributed by atoms with Gasteiger partial charge in [0.1, 0.15) is 22.5 Å². The summed E-state index contributed by atoms with van der Waals surface area (Å²) < 4.78 is 6.09. The first-order valence-electron chi connectivity index (χ1n) is 11.7. The van der Waals surface area contributed by atoms with Crippen molar-refractivity contribution in [1.82, 2.24) is 9.97 Å². The number of nitrogens with zero attached hydrogens (tertiary/aromatic N) is 1. The van der Waals surface area contributed by atoms with E-state index in [0.717, 1.165) is 46.4 Å². The summed E-state index contributed by atoms with van der Waals surface area (Å²) in [6.07, 6.45) is 3.10. The molecule has 1 N–H and O–H groups in total. The van der Waals surface area contributed by atoms with Crippen LogP contribution in [-0.4, -0.2) is 9.97 Å². The van der Waals surface area contributed by atoms with Crippen LogP contribution in [0, 0.1) is 11.3 Å². The highest BCUT2D eigenvalue weighted by molar-refractivity contribution is 7.18. The van der Waals surface area contributed by atoms with Crippen molar-refractivity contribution in [3.63, 3.8) is 0 Å². The molecule has 0 fully saturated rings. The van der Waals surface area contributed by atoms with Crippen molar-refractivity contribution in [2.75, 3.05) is 0 Å². The largest absolute Gasteiger partial charge is 0.486 e. The fourth-order valence-corrected chi connectivity index (χ4v) is 6.05. The zero-order valence-electron chi connectivity index (χ0n) is 19.6. The molecule has 2 unspecified atom stereocenters. The number of fused-ring (bicyclic) bond motifs is 3. The molecule has 170 valence electrons. The van der Waals surface area contributed by atoms with Gasteiger partial charge in [-0.2, -0.15) is 0 Å².